The fourth-order valence-electron chi connectivity index (χ4n) is 3.40. The number of benzene rings is 2. The molecule has 29 heavy (non-hydrogen) atoms. The number of rotatable bonds is 7. The molecule has 0 spiro atoms. The first-order valence-electron chi connectivity index (χ1n) is 10.1. The zero-order valence-corrected chi connectivity index (χ0v) is 17.9. The molecule has 0 aliphatic carbocycles. The Bertz CT molecular complexity index is 917. The number of nitrogens with one attached hydrogen (secondary N) is 1. The lowest BCUT2D eigenvalue weighted by Gasteiger charge is -2.33. The lowest BCUT2D eigenvalue weighted by atomic mass is 10.1. The first-order valence-corrected chi connectivity index (χ1v) is 11.7. The molecule has 3 rings (SSSR count). The number of nitrogens with zero attached hydrogens (tertiary/aromatic N) is 2. The molecule has 1 amide bonds. The van der Waals surface area contributed by atoms with E-state index in [1.54, 1.807) is 11.2 Å². The number of hydrogen-bond donors (Lipinski definition) is 1. The Labute approximate surface area is 173 Å². The standard InChI is InChI=1S/C22H29N3O3S/c1-3-18-7-11-21(12-8-18)23-22(26)20-9-5-19(6-10-20)17-24-13-15-25(16-14-24)29(27,28)4-2/h5-12H,3-4,13-17H2,1-2H3,(H,23,26). The predicted molar refractivity (Wildman–Crippen MR) is 117 cm³/mol. The summed E-state index contributed by atoms with van der Waals surface area (Å²) < 4.78 is 25.5. The molecule has 2 aromatic carbocycles. The minimum Gasteiger partial charge on any atom is -0.322 e. The van der Waals surface area contributed by atoms with Gasteiger partial charge in [-0.1, -0.05) is 31.2 Å². The fourth-order valence-corrected chi connectivity index (χ4v) is 4.48. The number of carbonyl (C=O) groups excluding carboxylic acids is 1. The molecule has 7 heteroatoms. The minimum atomic E-state index is -3.10. The molecule has 6 nitrogen and oxygen atoms in total. The molecule has 1 fully saturated rings. The van der Waals surface area contributed by atoms with Crippen molar-refractivity contribution in [3.63, 3.8) is 0 Å². The van der Waals surface area contributed by atoms with E-state index < -0.39 is 10.0 Å². The molecule has 1 heterocycles. The molecule has 1 aliphatic rings. The smallest absolute Gasteiger partial charge is 0.255 e. The van der Waals surface area contributed by atoms with Gasteiger partial charge in [-0.15, -0.1) is 0 Å². The Morgan fingerprint density at radius 1 is 0.897 bits per heavy atom. The number of carbonyl (C=O) groups is 1. The van der Waals surface area contributed by atoms with Gasteiger partial charge in [0.2, 0.25) is 10.0 Å². The van der Waals surface area contributed by atoms with E-state index in [1.807, 2.05) is 48.5 Å². The third-order valence-corrected chi connectivity index (χ3v) is 7.21. The van der Waals surface area contributed by atoms with Crippen molar-refractivity contribution >= 4 is 21.6 Å². The van der Waals surface area contributed by atoms with Crippen LogP contribution in [0.5, 0.6) is 0 Å². The molecule has 0 atom stereocenters. The maximum Gasteiger partial charge on any atom is 0.255 e. The highest BCUT2D eigenvalue weighted by atomic mass is 32.2. The monoisotopic (exact) mass is 415 g/mol. The first-order chi connectivity index (χ1) is 13.9. The second-order valence-corrected chi connectivity index (χ2v) is 9.53. The van der Waals surface area contributed by atoms with Crippen LogP contribution in [0, 0.1) is 0 Å². The van der Waals surface area contributed by atoms with Crippen LogP contribution in [0.2, 0.25) is 0 Å². The van der Waals surface area contributed by atoms with Crippen LogP contribution in [0.4, 0.5) is 5.69 Å². The summed E-state index contributed by atoms with van der Waals surface area (Å²) in [4.78, 5) is 14.7. The number of piperazine rings is 1. The SMILES string of the molecule is CCc1ccc(NC(=O)c2ccc(CN3CCN(S(=O)(=O)CC)CC3)cc2)cc1. The van der Waals surface area contributed by atoms with Crippen molar-refractivity contribution in [1.82, 2.24) is 9.21 Å². The van der Waals surface area contributed by atoms with Crippen molar-refractivity contribution < 1.29 is 13.2 Å². The second kappa shape index (κ2) is 9.52. The Hall–Kier alpha value is -2.22. The van der Waals surface area contributed by atoms with Gasteiger partial charge in [0.15, 0.2) is 0 Å². The molecule has 0 unspecified atom stereocenters. The number of sulfonamides is 1. The predicted octanol–water partition coefficient (Wildman–Crippen LogP) is 2.97. The van der Waals surface area contributed by atoms with E-state index in [4.69, 9.17) is 0 Å². The molecule has 156 valence electrons. The van der Waals surface area contributed by atoms with Crippen LogP contribution in [-0.2, 0) is 23.0 Å². The van der Waals surface area contributed by atoms with Crippen LogP contribution >= 0.6 is 0 Å². The topological polar surface area (TPSA) is 69.7 Å². The van der Waals surface area contributed by atoms with Crippen LogP contribution in [0.15, 0.2) is 48.5 Å². The normalized spacial score (nSPS) is 15.9. The molecular weight excluding hydrogens is 386 g/mol. The van der Waals surface area contributed by atoms with E-state index in [-0.39, 0.29) is 11.7 Å². The zero-order chi connectivity index (χ0) is 20.9. The van der Waals surface area contributed by atoms with Crippen LogP contribution in [0.1, 0.15) is 35.3 Å². The summed E-state index contributed by atoms with van der Waals surface area (Å²) in [6, 6.07) is 15.5. The largest absolute Gasteiger partial charge is 0.322 e. The van der Waals surface area contributed by atoms with Gasteiger partial charge < -0.3 is 5.32 Å². The lowest BCUT2D eigenvalue weighted by molar-refractivity contribution is 0.102. The average Bonchev–Trinajstić information content (AvgIpc) is 2.75. The zero-order valence-electron chi connectivity index (χ0n) is 17.1. The molecule has 0 bridgehead atoms. The Morgan fingerprint density at radius 3 is 2.03 bits per heavy atom. The number of anilines is 1. The van der Waals surface area contributed by atoms with E-state index in [2.05, 4.69) is 17.1 Å². The number of hydrogen-bond acceptors (Lipinski definition) is 4. The van der Waals surface area contributed by atoms with Crippen LogP contribution in [0.3, 0.4) is 0 Å². The highest BCUT2D eigenvalue weighted by Crippen LogP contribution is 2.15. The summed E-state index contributed by atoms with van der Waals surface area (Å²) in [6.45, 7) is 7.04. The number of amides is 1. The van der Waals surface area contributed by atoms with Gasteiger partial charge in [-0.05, 0) is 48.7 Å². The van der Waals surface area contributed by atoms with Crippen molar-refractivity contribution in [3.8, 4) is 0 Å². The van der Waals surface area contributed by atoms with Crippen LogP contribution < -0.4 is 5.32 Å². The van der Waals surface area contributed by atoms with E-state index in [0.29, 0.717) is 18.7 Å². The summed E-state index contributed by atoms with van der Waals surface area (Å²) in [5.74, 6) is 0.0263. The van der Waals surface area contributed by atoms with Gasteiger partial charge in [-0.2, -0.15) is 4.31 Å². The molecule has 0 radical (unpaired) electrons. The Morgan fingerprint density at radius 2 is 1.48 bits per heavy atom. The Kier molecular flexibility index (Phi) is 7.05. The molecule has 0 aromatic heterocycles. The summed E-state index contributed by atoms with van der Waals surface area (Å²) in [5, 5.41) is 2.92. The third-order valence-electron chi connectivity index (χ3n) is 5.33. The van der Waals surface area contributed by atoms with Gasteiger partial charge in [0.25, 0.3) is 5.91 Å². The van der Waals surface area contributed by atoms with Gasteiger partial charge in [0.05, 0.1) is 5.75 Å². The Balaban J connectivity index is 1.53. The van der Waals surface area contributed by atoms with Gasteiger partial charge in [-0.25, -0.2) is 8.42 Å². The molecule has 0 saturated carbocycles. The molecule has 2 aromatic rings. The van der Waals surface area contributed by atoms with Gasteiger partial charge >= 0.3 is 0 Å². The first kappa shape index (κ1) is 21.5. The van der Waals surface area contributed by atoms with E-state index in [9.17, 15) is 13.2 Å². The quantitative estimate of drug-likeness (QED) is 0.755. The summed E-state index contributed by atoms with van der Waals surface area (Å²) in [7, 11) is -3.10. The van der Waals surface area contributed by atoms with Crippen molar-refractivity contribution in [2.75, 3.05) is 37.2 Å². The third kappa shape index (κ3) is 5.65. The average molecular weight is 416 g/mol. The summed E-state index contributed by atoms with van der Waals surface area (Å²) in [6.07, 6.45) is 0.971. The highest BCUT2D eigenvalue weighted by molar-refractivity contribution is 7.89. The van der Waals surface area contributed by atoms with E-state index in [1.165, 1.54) is 5.56 Å². The summed E-state index contributed by atoms with van der Waals surface area (Å²) in [5.41, 5.74) is 3.75. The van der Waals surface area contributed by atoms with Gasteiger partial charge in [-0.3, -0.25) is 9.69 Å². The lowest BCUT2D eigenvalue weighted by Crippen LogP contribution is -2.48. The van der Waals surface area contributed by atoms with Crippen LogP contribution in [-0.4, -0.2) is 55.5 Å². The minimum absolute atomic E-state index is 0.126. The molecule has 1 N–H and O–H groups in total. The van der Waals surface area contributed by atoms with Crippen LogP contribution in [0.25, 0.3) is 0 Å². The van der Waals surface area contributed by atoms with E-state index in [0.717, 1.165) is 37.3 Å². The second-order valence-electron chi connectivity index (χ2n) is 7.28. The van der Waals surface area contributed by atoms with Crippen molar-refractivity contribution in [2.24, 2.45) is 0 Å². The maximum atomic E-state index is 12.4. The number of aryl methyl sites for hydroxylation is 1. The molecule has 1 saturated heterocycles. The van der Waals surface area contributed by atoms with E-state index >= 15 is 0 Å². The van der Waals surface area contributed by atoms with Crippen molar-refractivity contribution in [2.45, 2.75) is 26.8 Å². The summed E-state index contributed by atoms with van der Waals surface area (Å²) >= 11 is 0. The fraction of sp³-hybridized carbons (Fsp3) is 0.409. The van der Waals surface area contributed by atoms with Crippen molar-refractivity contribution in [1.29, 1.82) is 0 Å². The maximum absolute atomic E-state index is 12.4. The van der Waals surface area contributed by atoms with Gasteiger partial charge in [0, 0.05) is 44.0 Å². The van der Waals surface area contributed by atoms with Crippen molar-refractivity contribution in [3.05, 3.63) is 65.2 Å². The highest BCUT2D eigenvalue weighted by Gasteiger charge is 2.25. The molecule has 1 aliphatic heterocycles. The molecular formula is C22H29N3O3S. The van der Waals surface area contributed by atoms with Gasteiger partial charge in [0.1, 0.15) is 0 Å².